The molecule has 0 aliphatic carbocycles. The molecule has 82 valence electrons. The molecule has 0 fully saturated rings. The van der Waals surface area contributed by atoms with Gasteiger partial charge in [0.1, 0.15) is 16.7 Å². The van der Waals surface area contributed by atoms with Gasteiger partial charge in [0, 0.05) is 10.5 Å². The van der Waals surface area contributed by atoms with E-state index in [4.69, 9.17) is 4.74 Å². The maximum absolute atomic E-state index is 5.64. The molecule has 0 saturated heterocycles. The quantitative estimate of drug-likeness (QED) is 0.770. The van der Waals surface area contributed by atoms with Crippen LogP contribution in [0.3, 0.4) is 0 Å². The summed E-state index contributed by atoms with van der Waals surface area (Å²) >= 11 is 6.67. The molecule has 0 spiro atoms. The van der Waals surface area contributed by atoms with Crippen molar-refractivity contribution in [2.75, 3.05) is 0 Å². The highest BCUT2D eigenvalue weighted by Crippen LogP contribution is 2.26. The van der Waals surface area contributed by atoms with E-state index in [1.807, 2.05) is 25.1 Å². The number of halogens is 2. The molecule has 3 nitrogen and oxygen atoms in total. The zero-order valence-corrected chi connectivity index (χ0v) is 11.6. The minimum atomic E-state index is 0.521. The van der Waals surface area contributed by atoms with Crippen LogP contribution in [0, 0.1) is 6.92 Å². The molecule has 0 aliphatic rings. The Morgan fingerprint density at radius 1 is 1.12 bits per heavy atom. The van der Waals surface area contributed by atoms with Crippen molar-refractivity contribution in [1.82, 2.24) is 9.97 Å². The van der Waals surface area contributed by atoms with Crippen molar-refractivity contribution < 1.29 is 4.74 Å². The van der Waals surface area contributed by atoms with Gasteiger partial charge < -0.3 is 4.74 Å². The second-order valence-electron chi connectivity index (χ2n) is 3.19. The third-order valence-corrected chi connectivity index (χ3v) is 2.89. The van der Waals surface area contributed by atoms with Crippen LogP contribution in [0.25, 0.3) is 0 Å². The summed E-state index contributed by atoms with van der Waals surface area (Å²) in [4.78, 5) is 7.96. The van der Waals surface area contributed by atoms with Gasteiger partial charge in [0.2, 0.25) is 5.88 Å². The van der Waals surface area contributed by atoms with E-state index in [0.717, 1.165) is 15.8 Å². The highest BCUT2D eigenvalue weighted by molar-refractivity contribution is 9.10. The first-order valence-corrected chi connectivity index (χ1v) is 6.15. The van der Waals surface area contributed by atoms with Gasteiger partial charge in [-0.3, -0.25) is 0 Å². The van der Waals surface area contributed by atoms with E-state index in [9.17, 15) is 0 Å². The molecule has 0 amide bonds. The average molecular weight is 344 g/mol. The molecule has 1 heterocycles. The summed E-state index contributed by atoms with van der Waals surface area (Å²) in [6.45, 7) is 1.98. The summed E-state index contributed by atoms with van der Waals surface area (Å²) < 4.78 is 7.37. The van der Waals surface area contributed by atoms with Crippen LogP contribution in [0.2, 0.25) is 0 Å². The number of ether oxygens (including phenoxy) is 1. The summed E-state index contributed by atoms with van der Waals surface area (Å²) in [5.41, 5.74) is 1.05. The van der Waals surface area contributed by atoms with Crippen LogP contribution >= 0.6 is 31.9 Å². The third kappa shape index (κ3) is 2.80. The van der Waals surface area contributed by atoms with Crippen LogP contribution < -0.4 is 4.74 Å². The van der Waals surface area contributed by atoms with Crippen LogP contribution in [-0.2, 0) is 0 Å². The van der Waals surface area contributed by atoms with Gasteiger partial charge in [0.15, 0.2) is 0 Å². The Hall–Kier alpha value is -0.940. The van der Waals surface area contributed by atoms with Crippen molar-refractivity contribution in [2.24, 2.45) is 0 Å². The van der Waals surface area contributed by atoms with Crippen molar-refractivity contribution in [3.05, 3.63) is 45.2 Å². The van der Waals surface area contributed by atoms with Crippen molar-refractivity contribution >= 4 is 31.9 Å². The maximum atomic E-state index is 5.64. The summed E-state index contributed by atoms with van der Waals surface area (Å²) in [6, 6.07) is 7.54. The Bertz CT molecular complexity index is 517. The van der Waals surface area contributed by atoms with Crippen molar-refractivity contribution in [1.29, 1.82) is 0 Å². The first-order chi connectivity index (χ1) is 7.65. The summed E-state index contributed by atoms with van der Waals surface area (Å²) in [6.07, 6.45) is 1.45. The summed E-state index contributed by atoms with van der Waals surface area (Å²) in [7, 11) is 0. The molecule has 0 unspecified atom stereocenters. The summed E-state index contributed by atoms with van der Waals surface area (Å²) in [5, 5.41) is 0. The third-order valence-electron chi connectivity index (χ3n) is 1.96. The number of aryl methyl sites for hydroxylation is 1. The number of aromatic nitrogens is 2. The molecule has 0 aliphatic heterocycles. The number of rotatable bonds is 2. The van der Waals surface area contributed by atoms with Crippen molar-refractivity contribution in [3.8, 4) is 11.6 Å². The molecular formula is C11H8Br2N2O. The Kier molecular flexibility index (Phi) is 3.56. The molecule has 1 aromatic carbocycles. The molecule has 0 radical (unpaired) electrons. The molecular weight excluding hydrogens is 336 g/mol. The van der Waals surface area contributed by atoms with Gasteiger partial charge in [-0.25, -0.2) is 9.97 Å². The van der Waals surface area contributed by atoms with E-state index in [-0.39, 0.29) is 0 Å². The van der Waals surface area contributed by atoms with Gasteiger partial charge in [0.25, 0.3) is 0 Å². The molecule has 1 aromatic heterocycles. The number of benzene rings is 1. The SMILES string of the molecule is Cc1cc(Br)ccc1Oc1cc(Br)ncn1. The Morgan fingerprint density at radius 3 is 2.62 bits per heavy atom. The average Bonchev–Trinajstić information content (AvgIpc) is 2.22. The Labute approximate surface area is 110 Å². The second kappa shape index (κ2) is 4.93. The first kappa shape index (κ1) is 11.5. The van der Waals surface area contributed by atoms with E-state index in [0.29, 0.717) is 10.5 Å². The second-order valence-corrected chi connectivity index (χ2v) is 4.92. The predicted octanol–water partition coefficient (Wildman–Crippen LogP) is 4.10. The molecule has 5 heteroatoms. The van der Waals surface area contributed by atoms with Gasteiger partial charge in [0.05, 0.1) is 0 Å². The lowest BCUT2D eigenvalue weighted by atomic mass is 10.2. The van der Waals surface area contributed by atoms with E-state index < -0.39 is 0 Å². The zero-order valence-electron chi connectivity index (χ0n) is 8.45. The Balaban J connectivity index is 2.27. The van der Waals surface area contributed by atoms with E-state index >= 15 is 0 Å². The molecule has 0 N–H and O–H groups in total. The van der Waals surface area contributed by atoms with E-state index in [2.05, 4.69) is 41.8 Å². The van der Waals surface area contributed by atoms with Crippen LogP contribution in [0.4, 0.5) is 0 Å². The monoisotopic (exact) mass is 342 g/mol. The Morgan fingerprint density at radius 2 is 1.94 bits per heavy atom. The smallest absolute Gasteiger partial charge is 0.223 e. The molecule has 0 bridgehead atoms. The minimum absolute atomic E-state index is 0.521. The lowest BCUT2D eigenvalue weighted by Crippen LogP contribution is -1.91. The zero-order chi connectivity index (χ0) is 11.5. The fourth-order valence-corrected chi connectivity index (χ4v) is 1.98. The maximum Gasteiger partial charge on any atom is 0.223 e. The van der Waals surface area contributed by atoms with Crippen molar-refractivity contribution in [3.63, 3.8) is 0 Å². The van der Waals surface area contributed by atoms with Gasteiger partial charge in [-0.1, -0.05) is 15.9 Å². The standard InChI is InChI=1S/C11H8Br2N2O/c1-7-4-8(12)2-3-9(7)16-11-5-10(13)14-6-15-11/h2-6H,1H3. The van der Waals surface area contributed by atoms with Crippen LogP contribution in [0.1, 0.15) is 5.56 Å². The molecule has 0 saturated carbocycles. The van der Waals surface area contributed by atoms with E-state index in [1.165, 1.54) is 6.33 Å². The largest absolute Gasteiger partial charge is 0.439 e. The van der Waals surface area contributed by atoms with Gasteiger partial charge >= 0.3 is 0 Å². The number of nitrogens with zero attached hydrogens (tertiary/aromatic N) is 2. The number of hydrogen-bond donors (Lipinski definition) is 0. The fraction of sp³-hybridized carbons (Fsp3) is 0.0909. The minimum Gasteiger partial charge on any atom is -0.439 e. The van der Waals surface area contributed by atoms with Crippen LogP contribution in [-0.4, -0.2) is 9.97 Å². The molecule has 16 heavy (non-hydrogen) atoms. The van der Waals surface area contributed by atoms with Crippen LogP contribution in [0.15, 0.2) is 39.7 Å². The summed E-state index contributed by atoms with van der Waals surface area (Å²) in [5.74, 6) is 1.31. The number of hydrogen-bond acceptors (Lipinski definition) is 3. The molecule has 2 rings (SSSR count). The highest BCUT2D eigenvalue weighted by atomic mass is 79.9. The van der Waals surface area contributed by atoms with Crippen LogP contribution in [0.5, 0.6) is 11.6 Å². The lowest BCUT2D eigenvalue weighted by Gasteiger charge is -2.07. The van der Waals surface area contributed by atoms with Gasteiger partial charge in [-0.15, -0.1) is 0 Å². The van der Waals surface area contributed by atoms with Gasteiger partial charge in [-0.05, 0) is 46.6 Å². The van der Waals surface area contributed by atoms with E-state index in [1.54, 1.807) is 6.07 Å². The fourth-order valence-electron chi connectivity index (χ4n) is 1.21. The predicted molar refractivity (Wildman–Crippen MR) is 68.7 cm³/mol. The first-order valence-electron chi connectivity index (χ1n) is 4.57. The highest BCUT2D eigenvalue weighted by Gasteiger charge is 2.03. The lowest BCUT2D eigenvalue weighted by molar-refractivity contribution is 0.457. The van der Waals surface area contributed by atoms with Gasteiger partial charge in [-0.2, -0.15) is 0 Å². The topological polar surface area (TPSA) is 35.0 Å². The molecule has 2 aromatic rings. The molecule has 0 atom stereocenters. The van der Waals surface area contributed by atoms with Crippen molar-refractivity contribution in [2.45, 2.75) is 6.92 Å². The normalized spacial score (nSPS) is 10.2.